The summed E-state index contributed by atoms with van der Waals surface area (Å²) < 4.78 is 11.4. The van der Waals surface area contributed by atoms with E-state index >= 15 is 0 Å². The van der Waals surface area contributed by atoms with E-state index in [4.69, 9.17) is 26.8 Å². The largest absolute Gasteiger partial charge is 0.489 e. The first-order valence-electron chi connectivity index (χ1n) is 8.72. The van der Waals surface area contributed by atoms with Crippen LogP contribution in [0.4, 0.5) is 5.69 Å². The fourth-order valence-electron chi connectivity index (χ4n) is 3.57. The maximum absolute atomic E-state index is 12.6. The number of nitrogens with two attached hydrogens (primary N) is 1. The zero-order chi connectivity index (χ0) is 16.9. The molecule has 2 fully saturated rings. The van der Waals surface area contributed by atoms with Crippen molar-refractivity contribution in [1.82, 2.24) is 0 Å². The molecule has 1 unspecified atom stereocenters. The van der Waals surface area contributed by atoms with Crippen LogP contribution < -0.4 is 15.8 Å². The summed E-state index contributed by atoms with van der Waals surface area (Å²) in [7, 11) is 0. The number of nitrogens with one attached hydrogen (secondary N) is 1. The molecule has 5 nitrogen and oxygen atoms in total. The minimum absolute atomic E-state index is 0.00665. The van der Waals surface area contributed by atoms with Gasteiger partial charge in [-0.15, -0.1) is 0 Å². The molecule has 3 atom stereocenters. The summed E-state index contributed by atoms with van der Waals surface area (Å²) in [5.74, 6) is 0.873. The molecule has 1 aliphatic heterocycles. The number of anilines is 1. The second-order valence-corrected chi connectivity index (χ2v) is 7.05. The van der Waals surface area contributed by atoms with Crippen LogP contribution in [0.25, 0.3) is 0 Å². The molecule has 1 saturated carbocycles. The molecule has 3 N–H and O–H groups in total. The third-order valence-corrected chi connectivity index (χ3v) is 5.18. The van der Waals surface area contributed by atoms with Crippen LogP contribution in [0, 0.1) is 11.8 Å². The Morgan fingerprint density at radius 2 is 2.21 bits per heavy atom. The van der Waals surface area contributed by atoms with Crippen LogP contribution in [-0.4, -0.2) is 31.8 Å². The van der Waals surface area contributed by atoms with Crippen molar-refractivity contribution >= 4 is 23.2 Å². The van der Waals surface area contributed by atoms with Crippen LogP contribution in [0.3, 0.4) is 0 Å². The van der Waals surface area contributed by atoms with Crippen LogP contribution >= 0.6 is 11.6 Å². The van der Waals surface area contributed by atoms with E-state index in [0.29, 0.717) is 29.6 Å². The maximum atomic E-state index is 12.6. The third-order valence-electron chi connectivity index (χ3n) is 4.95. The molecule has 0 aromatic heterocycles. The van der Waals surface area contributed by atoms with Crippen molar-refractivity contribution in [3.63, 3.8) is 0 Å². The van der Waals surface area contributed by atoms with Gasteiger partial charge in [0.2, 0.25) is 5.91 Å². The van der Waals surface area contributed by atoms with E-state index in [1.807, 2.05) is 0 Å². The van der Waals surface area contributed by atoms with Crippen molar-refractivity contribution < 1.29 is 14.3 Å². The van der Waals surface area contributed by atoms with Gasteiger partial charge >= 0.3 is 0 Å². The fourth-order valence-corrected chi connectivity index (χ4v) is 3.75. The second-order valence-electron chi connectivity index (χ2n) is 6.61. The maximum Gasteiger partial charge on any atom is 0.227 e. The van der Waals surface area contributed by atoms with Crippen LogP contribution in [0.5, 0.6) is 5.75 Å². The molecule has 1 aromatic carbocycles. The Morgan fingerprint density at radius 3 is 2.96 bits per heavy atom. The molecule has 1 amide bonds. The molecule has 3 rings (SSSR count). The van der Waals surface area contributed by atoms with Gasteiger partial charge in [-0.25, -0.2) is 0 Å². The van der Waals surface area contributed by atoms with Crippen molar-refractivity contribution in [2.75, 3.05) is 25.1 Å². The topological polar surface area (TPSA) is 73.6 Å². The van der Waals surface area contributed by atoms with E-state index in [1.165, 1.54) is 0 Å². The molecule has 1 heterocycles. The van der Waals surface area contributed by atoms with Crippen LogP contribution in [-0.2, 0) is 9.53 Å². The van der Waals surface area contributed by atoms with Gasteiger partial charge in [0.25, 0.3) is 0 Å². The molecule has 0 spiro atoms. The molecule has 1 saturated heterocycles. The van der Waals surface area contributed by atoms with Gasteiger partial charge in [-0.1, -0.05) is 18.0 Å². The summed E-state index contributed by atoms with van der Waals surface area (Å²) in [5.41, 5.74) is 6.41. The van der Waals surface area contributed by atoms with Gasteiger partial charge in [-0.05, 0) is 56.3 Å². The molecule has 2 aliphatic rings. The Bertz CT molecular complexity index is 575. The van der Waals surface area contributed by atoms with Crippen molar-refractivity contribution in [3.8, 4) is 5.75 Å². The lowest BCUT2D eigenvalue weighted by atomic mass is 9.95. The minimum Gasteiger partial charge on any atom is -0.489 e. The third kappa shape index (κ3) is 4.21. The summed E-state index contributed by atoms with van der Waals surface area (Å²) in [6.07, 6.45) is 5.17. The lowest BCUT2D eigenvalue weighted by molar-refractivity contribution is -0.120. The van der Waals surface area contributed by atoms with Crippen molar-refractivity contribution in [2.45, 2.75) is 38.2 Å². The van der Waals surface area contributed by atoms with Gasteiger partial charge in [-0.2, -0.15) is 0 Å². The molecule has 0 bridgehead atoms. The number of hydrogen-bond donors (Lipinski definition) is 2. The zero-order valence-corrected chi connectivity index (χ0v) is 14.6. The van der Waals surface area contributed by atoms with E-state index < -0.39 is 0 Å². The molecule has 0 radical (unpaired) electrons. The molecular formula is C18H25ClN2O3. The monoisotopic (exact) mass is 352 g/mol. The molecule has 6 heteroatoms. The van der Waals surface area contributed by atoms with Crippen LogP contribution in [0.2, 0.25) is 5.02 Å². The lowest BCUT2D eigenvalue weighted by Gasteiger charge is -2.19. The van der Waals surface area contributed by atoms with Gasteiger partial charge in [0.15, 0.2) is 0 Å². The average Bonchev–Trinajstić information content (AvgIpc) is 3.25. The summed E-state index contributed by atoms with van der Waals surface area (Å²) >= 11 is 6.09. The van der Waals surface area contributed by atoms with Crippen molar-refractivity contribution in [3.05, 3.63) is 23.2 Å². The van der Waals surface area contributed by atoms with E-state index in [-0.39, 0.29) is 23.8 Å². The van der Waals surface area contributed by atoms with Crippen molar-refractivity contribution in [2.24, 2.45) is 17.6 Å². The molecular weight excluding hydrogens is 328 g/mol. The Morgan fingerprint density at radius 1 is 1.33 bits per heavy atom. The number of hydrogen-bond acceptors (Lipinski definition) is 4. The smallest absolute Gasteiger partial charge is 0.227 e. The van der Waals surface area contributed by atoms with Crippen LogP contribution in [0.1, 0.15) is 32.1 Å². The lowest BCUT2D eigenvalue weighted by Crippen LogP contribution is -2.30. The number of benzene rings is 1. The first-order valence-corrected chi connectivity index (χ1v) is 9.10. The minimum atomic E-state index is -0.0278. The van der Waals surface area contributed by atoms with Gasteiger partial charge in [0.1, 0.15) is 12.4 Å². The molecule has 24 heavy (non-hydrogen) atoms. The van der Waals surface area contributed by atoms with Gasteiger partial charge in [-0.3, -0.25) is 4.79 Å². The Balaban J connectivity index is 1.66. The summed E-state index contributed by atoms with van der Waals surface area (Å²) in [6.45, 7) is 1.83. The highest BCUT2D eigenvalue weighted by molar-refractivity contribution is 6.31. The first kappa shape index (κ1) is 17.5. The van der Waals surface area contributed by atoms with E-state index in [0.717, 1.165) is 38.7 Å². The van der Waals surface area contributed by atoms with Gasteiger partial charge in [0, 0.05) is 17.5 Å². The highest BCUT2D eigenvalue weighted by Gasteiger charge is 2.32. The predicted octanol–water partition coefficient (Wildman–Crippen LogP) is 3.21. The number of carbonyl (C=O) groups excluding carboxylic acids is 1. The summed E-state index contributed by atoms with van der Waals surface area (Å²) in [4.78, 5) is 12.6. The highest BCUT2D eigenvalue weighted by Crippen LogP contribution is 2.34. The Kier molecular flexibility index (Phi) is 5.98. The van der Waals surface area contributed by atoms with E-state index in [2.05, 4.69) is 5.32 Å². The number of amides is 1. The average molecular weight is 353 g/mol. The number of halogens is 1. The quantitative estimate of drug-likeness (QED) is 0.824. The Labute approximate surface area is 147 Å². The fraction of sp³-hybridized carbons (Fsp3) is 0.611. The summed E-state index contributed by atoms with van der Waals surface area (Å²) in [6, 6.07) is 5.29. The predicted molar refractivity (Wildman–Crippen MR) is 94.4 cm³/mol. The van der Waals surface area contributed by atoms with E-state index in [9.17, 15) is 4.79 Å². The number of carbonyl (C=O) groups is 1. The standard InChI is InChI=1S/C18H25ClN2O3/c19-13-6-7-17(24-11-14-4-2-8-23-14)16(9-13)21-18(22)15-5-1-3-12(15)10-20/h6-7,9,12,14-15H,1-5,8,10-11,20H2,(H,21,22)/t12-,14?,15-/m1/s1. The molecule has 1 aromatic rings. The van der Waals surface area contributed by atoms with Gasteiger partial charge in [0.05, 0.1) is 11.8 Å². The normalized spacial score (nSPS) is 26.5. The van der Waals surface area contributed by atoms with Crippen molar-refractivity contribution in [1.29, 1.82) is 0 Å². The van der Waals surface area contributed by atoms with E-state index in [1.54, 1.807) is 18.2 Å². The first-order chi connectivity index (χ1) is 11.7. The Hall–Kier alpha value is -1.30. The van der Waals surface area contributed by atoms with Gasteiger partial charge < -0.3 is 20.5 Å². The SMILES string of the molecule is NC[C@H]1CCC[C@H]1C(=O)Nc1cc(Cl)ccc1OCC1CCCO1. The van der Waals surface area contributed by atoms with Crippen LogP contribution in [0.15, 0.2) is 18.2 Å². The highest BCUT2D eigenvalue weighted by atomic mass is 35.5. The number of rotatable bonds is 6. The summed E-state index contributed by atoms with van der Waals surface area (Å²) in [5, 5.41) is 3.55. The zero-order valence-electron chi connectivity index (χ0n) is 13.8. The number of ether oxygens (including phenoxy) is 2. The molecule has 132 valence electrons. The second kappa shape index (κ2) is 8.19. The molecule has 1 aliphatic carbocycles.